The first kappa shape index (κ1) is 15.7. The van der Waals surface area contributed by atoms with Crippen LogP contribution in [-0.2, 0) is 11.3 Å². The van der Waals surface area contributed by atoms with Crippen molar-refractivity contribution in [1.82, 2.24) is 4.90 Å². The van der Waals surface area contributed by atoms with E-state index >= 15 is 0 Å². The molecule has 1 amide bonds. The van der Waals surface area contributed by atoms with E-state index in [9.17, 15) is 4.79 Å². The molecule has 0 spiro atoms. The Hall–Kier alpha value is -1.35. The molecule has 3 heteroatoms. The fourth-order valence-electron chi connectivity index (χ4n) is 2.22. The number of amides is 1. The van der Waals surface area contributed by atoms with Crippen LogP contribution in [0.3, 0.4) is 0 Å². The van der Waals surface area contributed by atoms with Crippen molar-refractivity contribution in [2.24, 2.45) is 11.7 Å². The third kappa shape index (κ3) is 4.67. The summed E-state index contributed by atoms with van der Waals surface area (Å²) < 4.78 is 0. The van der Waals surface area contributed by atoms with Crippen molar-refractivity contribution < 1.29 is 4.79 Å². The van der Waals surface area contributed by atoms with Crippen LogP contribution >= 0.6 is 0 Å². The fraction of sp³-hybridized carbons (Fsp3) is 0.562. The van der Waals surface area contributed by atoms with E-state index in [1.165, 1.54) is 0 Å². The molecule has 0 bridgehead atoms. The molecule has 0 saturated carbocycles. The van der Waals surface area contributed by atoms with Gasteiger partial charge < -0.3 is 10.6 Å². The van der Waals surface area contributed by atoms with E-state index in [1.54, 1.807) is 0 Å². The molecule has 1 rings (SSSR count). The molecule has 0 radical (unpaired) electrons. The highest BCUT2D eigenvalue weighted by Gasteiger charge is 2.24. The molecule has 2 N–H and O–H groups in total. The molecule has 106 valence electrons. The Bertz CT molecular complexity index is 376. The van der Waals surface area contributed by atoms with Gasteiger partial charge in [-0.05, 0) is 25.8 Å². The fourth-order valence-corrected chi connectivity index (χ4v) is 2.22. The Balaban J connectivity index is 2.79. The molecule has 19 heavy (non-hydrogen) atoms. The second-order valence-electron chi connectivity index (χ2n) is 5.27. The van der Waals surface area contributed by atoms with Crippen LogP contribution < -0.4 is 5.73 Å². The maximum Gasteiger partial charge on any atom is 0.227 e. The second-order valence-corrected chi connectivity index (χ2v) is 5.27. The summed E-state index contributed by atoms with van der Waals surface area (Å²) in [5, 5.41) is 0. The van der Waals surface area contributed by atoms with E-state index in [0.29, 0.717) is 13.1 Å². The predicted molar refractivity (Wildman–Crippen MR) is 79.6 cm³/mol. The third-order valence-corrected chi connectivity index (χ3v) is 3.37. The summed E-state index contributed by atoms with van der Waals surface area (Å²) in [7, 11) is 0. The summed E-state index contributed by atoms with van der Waals surface area (Å²) in [6, 6.07) is 10.3. The minimum Gasteiger partial charge on any atom is -0.336 e. The summed E-state index contributed by atoms with van der Waals surface area (Å²) in [5.41, 5.74) is 6.91. The van der Waals surface area contributed by atoms with Gasteiger partial charge in [-0.2, -0.15) is 0 Å². The molecule has 1 unspecified atom stereocenters. The Morgan fingerprint density at radius 1 is 1.26 bits per heavy atom. The predicted octanol–water partition coefficient (Wildman–Crippen LogP) is 2.80. The second kappa shape index (κ2) is 7.95. The Morgan fingerprint density at radius 3 is 2.37 bits per heavy atom. The molecule has 0 aliphatic rings. The van der Waals surface area contributed by atoms with Gasteiger partial charge in [0.1, 0.15) is 0 Å². The van der Waals surface area contributed by atoms with Gasteiger partial charge in [0.15, 0.2) is 0 Å². The van der Waals surface area contributed by atoms with Gasteiger partial charge >= 0.3 is 0 Å². The number of hydrogen-bond acceptors (Lipinski definition) is 2. The minimum absolute atomic E-state index is 0.0453. The smallest absolute Gasteiger partial charge is 0.227 e. The Kier molecular flexibility index (Phi) is 6.57. The Morgan fingerprint density at radius 2 is 1.89 bits per heavy atom. The van der Waals surface area contributed by atoms with E-state index < -0.39 is 0 Å². The van der Waals surface area contributed by atoms with E-state index in [-0.39, 0.29) is 17.9 Å². The van der Waals surface area contributed by atoms with Crippen molar-refractivity contribution in [3.05, 3.63) is 35.9 Å². The lowest BCUT2D eigenvalue weighted by atomic mass is 10.0. The maximum atomic E-state index is 12.6. The van der Waals surface area contributed by atoms with Gasteiger partial charge in [0.25, 0.3) is 0 Å². The maximum absolute atomic E-state index is 12.6. The van der Waals surface area contributed by atoms with Crippen LogP contribution in [0.25, 0.3) is 0 Å². The lowest BCUT2D eigenvalue weighted by Crippen LogP contribution is -2.42. The van der Waals surface area contributed by atoms with Gasteiger partial charge in [-0.25, -0.2) is 0 Å². The molecule has 3 nitrogen and oxygen atoms in total. The number of carbonyl (C=O) groups excluding carboxylic acids is 1. The van der Waals surface area contributed by atoms with Crippen LogP contribution in [0.5, 0.6) is 0 Å². The van der Waals surface area contributed by atoms with Gasteiger partial charge in [-0.1, -0.05) is 43.7 Å². The highest BCUT2D eigenvalue weighted by atomic mass is 16.2. The van der Waals surface area contributed by atoms with Crippen molar-refractivity contribution in [1.29, 1.82) is 0 Å². The van der Waals surface area contributed by atoms with Gasteiger partial charge in [-0.3, -0.25) is 4.79 Å². The largest absolute Gasteiger partial charge is 0.336 e. The number of benzene rings is 1. The topological polar surface area (TPSA) is 46.3 Å². The molecule has 1 atom stereocenters. The molecule has 1 aromatic carbocycles. The van der Waals surface area contributed by atoms with E-state index in [0.717, 1.165) is 18.4 Å². The minimum atomic E-state index is -0.0453. The van der Waals surface area contributed by atoms with E-state index in [2.05, 4.69) is 32.9 Å². The van der Waals surface area contributed by atoms with E-state index in [4.69, 9.17) is 5.73 Å². The zero-order valence-corrected chi connectivity index (χ0v) is 12.3. The first-order valence-electron chi connectivity index (χ1n) is 7.14. The zero-order chi connectivity index (χ0) is 14.3. The van der Waals surface area contributed by atoms with Gasteiger partial charge in [0, 0.05) is 19.1 Å². The first-order valence-corrected chi connectivity index (χ1v) is 7.14. The summed E-state index contributed by atoms with van der Waals surface area (Å²) in [5.74, 6) is 0.138. The number of nitrogens with zero attached hydrogens (tertiary/aromatic N) is 1. The number of nitrogens with two attached hydrogens (primary N) is 1. The summed E-state index contributed by atoms with van der Waals surface area (Å²) in [6.45, 7) is 7.30. The number of hydrogen-bond donors (Lipinski definition) is 1. The highest BCUT2D eigenvalue weighted by molar-refractivity contribution is 5.79. The van der Waals surface area contributed by atoms with Crippen LogP contribution in [0.1, 0.15) is 39.2 Å². The molecule has 0 aromatic heterocycles. The quantitative estimate of drug-likeness (QED) is 0.821. The highest BCUT2D eigenvalue weighted by Crippen LogP contribution is 2.15. The monoisotopic (exact) mass is 262 g/mol. The Labute approximate surface area is 116 Å². The molecular weight excluding hydrogens is 236 g/mol. The molecule has 1 aromatic rings. The first-order chi connectivity index (χ1) is 9.10. The molecule has 0 aliphatic carbocycles. The van der Waals surface area contributed by atoms with Crippen molar-refractivity contribution in [2.75, 3.05) is 6.54 Å². The van der Waals surface area contributed by atoms with Gasteiger partial charge in [0.2, 0.25) is 5.91 Å². The van der Waals surface area contributed by atoms with Crippen LogP contribution in [0.2, 0.25) is 0 Å². The SMILES string of the molecule is CCCC(CN)C(=O)N(Cc1ccccc1)C(C)C. The molecule has 0 fully saturated rings. The molecule has 0 saturated heterocycles. The van der Waals surface area contributed by atoms with Crippen molar-refractivity contribution in [3.63, 3.8) is 0 Å². The standard InChI is InChI=1S/C16H26N2O/c1-4-8-15(11-17)16(19)18(13(2)3)12-14-9-6-5-7-10-14/h5-7,9-10,13,15H,4,8,11-12,17H2,1-3H3. The van der Waals surface area contributed by atoms with Gasteiger partial charge in [0.05, 0.1) is 5.92 Å². The molecule has 0 heterocycles. The van der Waals surface area contributed by atoms with Crippen molar-refractivity contribution in [3.8, 4) is 0 Å². The van der Waals surface area contributed by atoms with Crippen LogP contribution in [0.15, 0.2) is 30.3 Å². The summed E-state index contributed by atoms with van der Waals surface area (Å²) in [6.07, 6.45) is 1.86. The lowest BCUT2D eigenvalue weighted by Gasteiger charge is -2.30. The average Bonchev–Trinajstić information content (AvgIpc) is 2.42. The van der Waals surface area contributed by atoms with Crippen LogP contribution in [0.4, 0.5) is 0 Å². The number of rotatable bonds is 7. The van der Waals surface area contributed by atoms with Crippen LogP contribution in [0, 0.1) is 5.92 Å². The van der Waals surface area contributed by atoms with Crippen molar-refractivity contribution in [2.45, 2.75) is 46.2 Å². The summed E-state index contributed by atoms with van der Waals surface area (Å²) in [4.78, 5) is 14.5. The van der Waals surface area contributed by atoms with Crippen molar-refractivity contribution >= 4 is 5.91 Å². The molecule has 0 aliphatic heterocycles. The third-order valence-electron chi connectivity index (χ3n) is 3.37. The van der Waals surface area contributed by atoms with E-state index in [1.807, 2.05) is 23.1 Å². The zero-order valence-electron chi connectivity index (χ0n) is 12.3. The normalized spacial score (nSPS) is 12.5. The average molecular weight is 262 g/mol. The number of carbonyl (C=O) groups is 1. The summed E-state index contributed by atoms with van der Waals surface area (Å²) >= 11 is 0. The van der Waals surface area contributed by atoms with Crippen LogP contribution in [-0.4, -0.2) is 23.4 Å². The molecular formula is C16H26N2O. The van der Waals surface area contributed by atoms with Gasteiger partial charge in [-0.15, -0.1) is 0 Å². The lowest BCUT2D eigenvalue weighted by molar-refractivity contribution is -0.137.